The van der Waals surface area contributed by atoms with Gasteiger partial charge in [0.2, 0.25) is 0 Å². The summed E-state index contributed by atoms with van der Waals surface area (Å²) in [5, 5.41) is 5.13. The molecule has 0 saturated heterocycles. The van der Waals surface area contributed by atoms with E-state index in [4.69, 9.17) is 21.1 Å². The zero-order valence-electron chi connectivity index (χ0n) is 15.7. The fourth-order valence-electron chi connectivity index (χ4n) is 2.46. The standard InChI is InChI=1S/C20H18ClN3O4S/c1-3-16(28-19(26)13-8-9-22-17(21)10-13)18(25)24-20-23-15(11-29-20)12-4-6-14(27-2)7-5-12/h4-11,16H,3H2,1-2H3,(H,23,24,25). The lowest BCUT2D eigenvalue weighted by Gasteiger charge is -2.15. The molecule has 0 radical (unpaired) electrons. The molecule has 0 aliphatic carbocycles. The molecular weight excluding hydrogens is 414 g/mol. The lowest BCUT2D eigenvalue weighted by molar-refractivity contribution is -0.124. The van der Waals surface area contributed by atoms with Gasteiger partial charge in [-0.1, -0.05) is 18.5 Å². The van der Waals surface area contributed by atoms with Crippen LogP contribution < -0.4 is 10.1 Å². The van der Waals surface area contributed by atoms with E-state index in [2.05, 4.69) is 15.3 Å². The number of anilines is 1. The van der Waals surface area contributed by atoms with Crippen LogP contribution >= 0.6 is 22.9 Å². The van der Waals surface area contributed by atoms with Gasteiger partial charge in [-0.15, -0.1) is 11.3 Å². The van der Waals surface area contributed by atoms with Crippen LogP contribution in [0.25, 0.3) is 11.3 Å². The maximum absolute atomic E-state index is 12.5. The number of halogens is 1. The monoisotopic (exact) mass is 431 g/mol. The SMILES string of the molecule is CCC(OC(=O)c1ccnc(Cl)c1)C(=O)Nc1nc(-c2ccc(OC)cc2)cs1. The van der Waals surface area contributed by atoms with Crippen molar-refractivity contribution in [3.05, 3.63) is 58.7 Å². The van der Waals surface area contributed by atoms with E-state index in [0.29, 0.717) is 11.6 Å². The van der Waals surface area contributed by atoms with Gasteiger partial charge in [0.25, 0.3) is 5.91 Å². The van der Waals surface area contributed by atoms with E-state index in [1.807, 2.05) is 29.6 Å². The minimum atomic E-state index is -0.956. The maximum Gasteiger partial charge on any atom is 0.339 e. The summed E-state index contributed by atoms with van der Waals surface area (Å²) in [5.41, 5.74) is 1.85. The van der Waals surface area contributed by atoms with Crippen molar-refractivity contribution >= 4 is 39.9 Å². The minimum absolute atomic E-state index is 0.172. The molecule has 150 valence electrons. The van der Waals surface area contributed by atoms with Crippen LogP contribution in [0.15, 0.2) is 48.0 Å². The van der Waals surface area contributed by atoms with Crippen LogP contribution in [0.3, 0.4) is 0 Å². The maximum atomic E-state index is 12.5. The molecule has 1 amide bonds. The number of nitrogens with zero attached hydrogens (tertiary/aromatic N) is 2. The zero-order valence-corrected chi connectivity index (χ0v) is 17.3. The molecule has 0 aliphatic heterocycles. The Morgan fingerprint density at radius 1 is 1.24 bits per heavy atom. The van der Waals surface area contributed by atoms with Gasteiger partial charge >= 0.3 is 5.97 Å². The highest BCUT2D eigenvalue weighted by Crippen LogP contribution is 2.26. The van der Waals surface area contributed by atoms with E-state index in [0.717, 1.165) is 17.0 Å². The number of aromatic nitrogens is 2. The first-order valence-electron chi connectivity index (χ1n) is 8.73. The second-order valence-corrected chi connectivity index (χ2v) is 7.17. The van der Waals surface area contributed by atoms with Gasteiger partial charge in [0.1, 0.15) is 10.9 Å². The molecule has 0 aliphatic rings. The molecule has 1 N–H and O–H groups in total. The molecule has 0 spiro atoms. The number of methoxy groups -OCH3 is 1. The van der Waals surface area contributed by atoms with E-state index in [1.165, 1.54) is 29.7 Å². The Labute approximate surface area is 176 Å². The number of benzene rings is 1. The third kappa shape index (κ3) is 5.30. The molecule has 7 nitrogen and oxygen atoms in total. The number of thiazole rings is 1. The lowest BCUT2D eigenvalue weighted by Crippen LogP contribution is -2.32. The van der Waals surface area contributed by atoms with Crippen molar-refractivity contribution < 1.29 is 19.1 Å². The average Bonchev–Trinajstić information content (AvgIpc) is 3.20. The van der Waals surface area contributed by atoms with Crippen molar-refractivity contribution in [2.45, 2.75) is 19.4 Å². The highest BCUT2D eigenvalue weighted by molar-refractivity contribution is 7.14. The molecule has 2 heterocycles. The fraction of sp³-hybridized carbons (Fsp3) is 0.200. The van der Waals surface area contributed by atoms with Gasteiger partial charge in [-0.05, 0) is 42.8 Å². The first-order valence-corrected chi connectivity index (χ1v) is 9.99. The minimum Gasteiger partial charge on any atom is -0.497 e. The third-order valence-electron chi connectivity index (χ3n) is 3.99. The quantitative estimate of drug-likeness (QED) is 0.439. The van der Waals surface area contributed by atoms with Crippen molar-refractivity contribution in [1.82, 2.24) is 9.97 Å². The van der Waals surface area contributed by atoms with Crippen molar-refractivity contribution in [2.24, 2.45) is 0 Å². The number of hydrogen-bond acceptors (Lipinski definition) is 7. The summed E-state index contributed by atoms with van der Waals surface area (Å²) in [4.78, 5) is 33.0. The summed E-state index contributed by atoms with van der Waals surface area (Å²) < 4.78 is 10.5. The Hall–Kier alpha value is -2.97. The number of carbonyl (C=O) groups excluding carboxylic acids is 2. The zero-order chi connectivity index (χ0) is 20.8. The first-order chi connectivity index (χ1) is 14.0. The topological polar surface area (TPSA) is 90.4 Å². The second kappa shape index (κ2) is 9.49. The van der Waals surface area contributed by atoms with Gasteiger partial charge in [0, 0.05) is 17.1 Å². The summed E-state index contributed by atoms with van der Waals surface area (Å²) in [6.07, 6.45) is 0.756. The number of nitrogens with one attached hydrogen (secondary N) is 1. The van der Waals surface area contributed by atoms with Crippen molar-refractivity contribution in [1.29, 1.82) is 0 Å². The Morgan fingerprint density at radius 2 is 2.00 bits per heavy atom. The molecule has 9 heteroatoms. The van der Waals surface area contributed by atoms with Crippen LogP contribution in [-0.4, -0.2) is 35.1 Å². The lowest BCUT2D eigenvalue weighted by atomic mass is 10.2. The Morgan fingerprint density at radius 3 is 2.66 bits per heavy atom. The Kier molecular flexibility index (Phi) is 6.79. The molecule has 0 fully saturated rings. The molecule has 29 heavy (non-hydrogen) atoms. The molecule has 3 aromatic rings. The van der Waals surface area contributed by atoms with Crippen molar-refractivity contribution in [2.75, 3.05) is 12.4 Å². The Bertz CT molecular complexity index is 1010. The van der Waals surface area contributed by atoms with E-state index in [9.17, 15) is 9.59 Å². The normalized spacial score (nSPS) is 11.6. The number of rotatable bonds is 7. The number of amides is 1. The summed E-state index contributed by atoms with van der Waals surface area (Å²) in [7, 11) is 1.60. The number of ether oxygens (including phenoxy) is 2. The molecule has 3 rings (SSSR count). The van der Waals surface area contributed by atoms with Crippen LogP contribution in [0.4, 0.5) is 5.13 Å². The second-order valence-electron chi connectivity index (χ2n) is 5.93. The molecule has 0 bridgehead atoms. The van der Waals surface area contributed by atoms with Gasteiger partial charge < -0.3 is 9.47 Å². The van der Waals surface area contributed by atoms with Crippen molar-refractivity contribution in [3.63, 3.8) is 0 Å². The molecule has 1 unspecified atom stereocenters. The molecule has 2 aromatic heterocycles. The summed E-state index contributed by atoms with van der Waals surface area (Å²) in [5.74, 6) is -0.341. The third-order valence-corrected chi connectivity index (χ3v) is 4.96. The van der Waals surface area contributed by atoms with E-state index in [-0.39, 0.29) is 10.7 Å². The molecule has 1 aromatic carbocycles. The average molecular weight is 432 g/mol. The number of carbonyl (C=O) groups is 2. The predicted octanol–water partition coefficient (Wildman–Crippen LogP) is 4.44. The van der Waals surface area contributed by atoms with Crippen LogP contribution in [0, 0.1) is 0 Å². The van der Waals surface area contributed by atoms with E-state index >= 15 is 0 Å². The van der Waals surface area contributed by atoms with Gasteiger partial charge in [0.05, 0.1) is 18.4 Å². The largest absolute Gasteiger partial charge is 0.497 e. The number of hydrogen-bond donors (Lipinski definition) is 1. The van der Waals surface area contributed by atoms with Crippen molar-refractivity contribution in [3.8, 4) is 17.0 Å². The number of esters is 1. The van der Waals surface area contributed by atoms with Crippen LogP contribution in [0.5, 0.6) is 5.75 Å². The molecular formula is C20H18ClN3O4S. The van der Waals surface area contributed by atoms with E-state index in [1.54, 1.807) is 14.0 Å². The molecule has 1 atom stereocenters. The fourth-order valence-corrected chi connectivity index (χ4v) is 3.36. The summed E-state index contributed by atoms with van der Waals surface area (Å²) in [6.45, 7) is 1.75. The first kappa shape index (κ1) is 20.8. The van der Waals surface area contributed by atoms with Crippen LogP contribution in [-0.2, 0) is 9.53 Å². The molecule has 0 saturated carbocycles. The summed E-state index contributed by atoms with van der Waals surface area (Å²) in [6, 6.07) is 10.3. The van der Waals surface area contributed by atoms with Crippen LogP contribution in [0.2, 0.25) is 5.15 Å². The van der Waals surface area contributed by atoms with E-state index < -0.39 is 18.0 Å². The van der Waals surface area contributed by atoms with Gasteiger partial charge in [-0.2, -0.15) is 0 Å². The number of pyridine rings is 1. The van der Waals surface area contributed by atoms with Gasteiger partial charge in [-0.25, -0.2) is 14.8 Å². The highest BCUT2D eigenvalue weighted by atomic mass is 35.5. The predicted molar refractivity (Wildman–Crippen MR) is 111 cm³/mol. The van der Waals surface area contributed by atoms with Gasteiger partial charge in [-0.3, -0.25) is 10.1 Å². The Balaban J connectivity index is 1.65. The summed E-state index contributed by atoms with van der Waals surface area (Å²) >= 11 is 7.07. The van der Waals surface area contributed by atoms with Crippen LogP contribution in [0.1, 0.15) is 23.7 Å². The smallest absolute Gasteiger partial charge is 0.339 e. The highest BCUT2D eigenvalue weighted by Gasteiger charge is 2.23. The van der Waals surface area contributed by atoms with Gasteiger partial charge in [0.15, 0.2) is 11.2 Å².